The lowest BCUT2D eigenvalue weighted by atomic mass is 9.83. The molecule has 0 aromatic heterocycles. The summed E-state index contributed by atoms with van der Waals surface area (Å²) in [5.74, 6) is -1.45. The minimum Gasteiger partial charge on any atom is -0.504 e. The average Bonchev–Trinajstić information content (AvgIpc) is 3.13. The number of hydrogen-bond donors (Lipinski definition) is 1. The number of carbonyl (C=O) groups is 3. The molecule has 0 radical (unpaired) electrons. The summed E-state index contributed by atoms with van der Waals surface area (Å²) in [6, 6.07) is 4.73. The highest BCUT2D eigenvalue weighted by molar-refractivity contribution is 5.87. The van der Waals surface area contributed by atoms with Crippen molar-refractivity contribution in [2.24, 2.45) is 23.7 Å². The molecule has 9 heteroatoms. The highest BCUT2D eigenvalue weighted by Crippen LogP contribution is 2.48. The maximum absolute atomic E-state index is 12.6. The Balaban J connectivity index is 1.72. The molecule has 9 nitrogen and oxygen atoms in total. The Morgan fingerprint density at radius 1 is 1.22 bits per heavy atom. The van der Waals surface area contributed by atoms with Crippen molar-refractivity contribution in [2.75, 3.05) is 13.7 Å². The van der Waals surface area contributed by atoms with Crippen molar-refractivity contribution in [2.45, 2.75) is 52.9 Å². The SMILES string of the molecule is COc1cc(/C=C/C(=O)O[C@H]2C[C@@H]3C(COC(C)=O)=CO[C@@H](OC(=O)CC(C)C)[C@@H]3[C@H]2C)ccc1O. The van der Waals surface area contributed by atoms with E-state index < -0.39 is 24.3 Å². The third kappa shape index (κ3) is 6.80. The topological polar surface area (TPSA) is 118 Å². The summed E-state index contributed by atoms with van der Waals surface area (Å²) >= 11 is 0. The molecule has 1 aliphatic carbocycles. The molecule has 0 saturated heterocycles. The van der Waals surface area contributed by atoms with Crippen LogP contribution in [0.4, 0.5) is 0 Å². The van der Waals surface area contributed by atoms with E-state index in [1.54, 1.807) is 18.2 Å². The molecule has 0 amide bonds. The van der Waals surface area contributed by atoms with Crippen LogP contribution in [0.2, 0.25) is 0 Å². The van der Waals surface area contributed by atoms with Gasteiger partial charge in [-0.3, -0.25) is 9.59 Å². The smallest absolute Gasteiger partial charge is 0.331 e. The lowest BCUT2D eigenvalue weighted by Crippen LogP contribution is -2.39. The molecular formula is C27H34O9. The van der Waals surface area contributed by atoms with Gasteiger partial charge in [-0.15, -0.1) is 0 Å². The minimum atomic E-state index is -0.818. The molecule has 2 aliphatic rings. The van der Waals surface area contributed by atoms with Crippen LogP contribution in [0.1, 0.15) is 46.1 Å². The molecule has 1 fully saturated rings. The zero-order valence-electron chi connectivity index (χ0n) is 21.3. The van der Waals surface area contributed by atoms with Gasteiger partial charge in [-0.2, -0.15) is 0 Å². The van der Waals surface area contributed by atoms with Crippen molar-refractivity contribution in [3.05, 3.63) is 41.7 Å². The van der Waals surface area contributed by atoms with Crippen LogP contribution < -0.4 is 4.74 Å². The van der Waals surface area contributed by atoms with Crippen molar-refractivity contribution in [3.63, 3.8) is 0 Å². The number of benzene rings is 1. The zero-order valence-corrected chi connectivity index (χ0v) is 21.3. The van der Waals surface area contributed by atoms with Gasteiger partial charge in [-0.1, -0.05) is 26.8 Å². The second kappa shape index (κ2) is 12.0. The summed E-state index contributed by atoms with van der Waals surface area (Å²) in [5.41, 5.74) is 1.41. The number of aromatic hydroxyl groups is 1. The van der Waals surface area contributed by atoms with Crippen molar-refractivity contribution in [1.29, 1.82) is 0 Å². The lowest BCUT2D eigenvalue weighted by Gasteiger charge is -2.35. The van der Waals surface area contributed by atoms with Crippen LogP contribution in [0, 0.1) is 23.7 Å². The van der Waals surface area contributed by atoms with Gasteiger partial charge in [0.15, 0.2) is 11.5 Å². The molecule has 3 rings (SSSR count). The molecule has 1 heterocycles. The van der Waals surface area contributed by atoms with Gasteiger partial charge >= 0.3 is 17.9 Å². The standard InChI is InChI=1S/C27H34O9/c1-15(2)10-25(31)36-27-26-16(3)22(12-20(26)19(14-34-27)13-33-17(4)28)35-24(30)9-7-18-6-8-21(29)23(11-18)32-5/h6-9,11,14-16,20,22,26-27,29H,10,12-13H2,1-5H3/b9-7+/t16-,20+,22-,26+,27-/m0/s1. The summed E-state index contributed by atoms with van der Waals surface area (Å²) in [7, 11) is 1.44. The number of esters is 3. The van der Waals surface area contributed by atoms with Gasteiger partial charge in [0, 0.05) is 42.7 Å². The normalized spacial score (nSPS) is 25.1. The van der Waals surface area contributed by atoms with Gasteiger partial charge in [0.1, 0.15) is 12.7 Å². The monoisotopic (exact) mass is 502 g/mol. The summed E-state index contributed by atoms with van der Waals surface area (Å²) in [6.45, 7) is 7.17. The average molecular weight is 503 g/mol. The minimum absolute atomic E-state index is 0.00286. The second-order valence-corrected chi connectivity index (χ2v) is 9.58. The Morgan fingerprint density at radius 2 is 1.97 bits per heavy atom. The second-order valence-electron chi connectivity index (χ2n) is 9.58. The fourth-order valence-corrected chi connectivity index (χ4v) is 4.65. The first kappa shape index (κ1) is 27.1. The molecule has 36 heavy (non-hydrogen) atoms. The predicted octanol–water partition coefficient (Wildman–Crippen LogP) is 3.99. The predicted molar refractivity (Wildman–Crippen MR) is 129 cm³/mol. The maximum atomic E-state index is 12.6. The summed E-state index contributed by atoms with van der Waals surface area (Å²) < 4.78 is 27.5. The Labute approximate surface area is 211 Å². The first-order valence-corrected chi connectivity index (χ1v) is 12.0. The van der Waals surface area contributed by atoms with Crippen molar-refractivity contribution in [3.8, 4) is 11.5 Å². The number of ether oxygens (including phenoxy) is 5. The van der Waals surface area contributed by atoms with Crippen LogP contribution in [0.5, 0.6) is 11.5 Å². The van der Waals surface area contributed by atoms with E-state index in [-0.39, 0.29) is 48.4 Å². The molecular weight excluding hydrogens is 468 g/mol. The van der Waals surface area contributed by atoms with Crippen molar-refractivity contribution >= 4 is 24.0 Å². The maximum Gasteiger partial charge on any atom is 0.331 e. The van der Waals surface area contributed by atoms with Crippen molar-refractivity contribution in [1.82, 2.24) is 0 Å². The molecule has 1 N–H and O–H groups in total. The van der Waals surface area contributed by atoms with Gasteiger partial charge in [0.25, 0.3) is 0 Å². The van der Waals surface area contributed by atoms with Gasteiger partial charge in [0.05, 0.1) is 13.4 Å². The van der Waals surface area contributed by atoms with E-state index in [4.69, 9.17) is 23.7 Å². The Bertz CT molecular complexity index is 1030. The largest absolute Gasteiger partial charge is 0.504 e. The van der Waals surface area contributed by atoms with E-state index in [0.717, 1.165) is 5.57 Å². The van der Waals surface area contributed by atoms with Gasteiger partial charge in [-0.05, 0) is 36.1 Å². The highest BCUT2D eigenvalue weighted by Gasteiger charge is 2.52. The van der Waals surface area contributed by atoms with Crippen LogP contribution in [-0.4, -0.2) is 49.1 Å². The van der Waals surface area contributed by atoms with E-state index in [2.05, 4.69) is 0 Å². The van der Waals surface area contributed by atoms with E-state index in [0.29, 0.717) is 17.7 Å². The lowest BCUT2D eigenvalue weighted by molar-refractivity contribution is -0.190. The Kier molecular flexibility index (Phi) is 9.01. The van der Waals surface area contributed by atoms with Gasteiger partial charge in [0.2, 0.25) is 6.29 Å². The number of hydrogen-bond acceptors (Lipinski definition) is 9. The molecule has 5 atom stereocenters. The third-order valence-corrected chi connectivity index (χ3v) is 6.44. The van der Waals surface area contributed by atoms with Crippen LogP contribution in [0.15, 0.2) is 36.1 Å². The van der Waals surface area contributed by atoms with E-state index in [1.165, 1.54) is 32.4 Å². The van der Waals surface area contributed by atoms with Crippen LogP contribution in [-0.2, 0) is 33.3 Å². The molecule has 1 aromatic carbocycles. The zero-order chi connectivity index (χ0) is 26.4. The number of phenolic OH excluding ortho intramolecular Hbond substituents is 1. The number of carbonyl (C=O) groups excluding carboxylic acids is 3. The molecule has 1 aromatic rings. The van der Waals surface area contributed by atoms with Gasteiger partial charge < -0.3 is 28.8 Å². The first-order chi connectivity index (χ1) is 17.1. The molecule has 0 spiro atoms. The molecule has 1 saturated carbocycles. The Hall–Kier alpha value is -3.49. The molecule has 0 unspecified atom stereocenters. The number of fused-ring (bicyclic) bond motifs is 1. The number of phenols is 1. The summed E-state index contributed by atoms with van der Waals surface area (Å²) in [6.07, 6.45) is 3.84. The van der Waals surface area contributed by atoms with Crippen LogP contribution in [0.3, 0.4) is 0 Å². The fourth-order valence-electron chi connectivity index (χ4n) is 4.65. The fraction of sp³-hybridized carbons (Fsp3) is 0.519. The summed E-state index contributed by atoms with van der Waals surface area (Å²) in [5, 5.41) is 9.73. The van der Waals surface area contributed by atoms with E-state index in [9.17, 15) is 19.5 Å². The quantitative estimate of drug-likeness (QED) is 0.304. The van der Waals surface area contributed by atoms with E-state index in [1.807, 2.05) is 20.8 Å². The Morgan fingerprint density at radius 3 is 2.64 bits per heavy atom. The summed E-state index contributed by atoms with van der Waals surface area (Å²) in [4.78, 5) is 36.3. The molecule has 0 bridgehead atoms. The number of rotatable bonds is 9. The first-order valence-electron chi connectivity index (χ1n) is 12.0. The number of methoxy groups -OCH3 is 1. The molecule has 1 aliphatic heterocycles. The third-order valence-electron chi connectivity index (χ3n) is 6.44. The van der Waals surface area contributed by atoms with Crippen molar-refractivity contribution < 1.29 is 43.2 Å². The van der Waals surface area contributed by atoms with Gasteiger partial charge in [-0.25, -0.2) is 4.79 Å². The van der Waals surface area contributed by atoms with Crippen LogP contribution >= 0.6 is 0 Å². The van der Waals surface area contributed by atoms with Crippen LogP contribution in [0.25, 0.3) is 6.08 Å². The van der Waals surface area contributed by atoms with E-state index >= 15 is 0 Å². The molecule has 196 valence electrons. The highest BCUT2D eigenvalue weighted by atomic mass is 16.7.